The molecule has 4 aliphatic rings. The van der Waals surface area contributed by atoms with Crippen molar-refractivity contribution < 1.29 is 112 Å². The van der Waals surface area contributed by atoms with Gasteiger partial charge in [0.15, 0.2) is 18.9 Å². The van der Waals surface area contributed by atoms with E-state index in [1.165, 1.54) is 13.8 Å². The molecule has 4 fully saturated rings. The summed E-state index contributed by atoms with van der Waals surface area (Å²) in [6.07, 6.45) is -23.7. The molecular formula is C46H84N2O23. The van der Waals surface area contributed by atoms with Gasteiger partial charge in [-0.1, -0.05) is 27.7 Å². The summed E-state index contributed by atoms with van der Waals surface area (Å²) in [6, 6.07) is -2.60. The lowest BCUT2D eigenvalue weighted by Crippen LogP contribution is -2.70. The first-order valence-electron chi connectivity index (χ1n) is 24.9. The fraction of sp³-hybridized carbons (Fsp3) is 0.957. The van der Waals surface area contributed by atoms with Crippen molar-refractivity contribution in [2.75, 3.05) is 85.9 Å². The van der Waals surface area contributed by atoms with E-state index in [1.54, 1.807) is 13.8 Å². The molecule has 4 saturated heterocycles. The molecule has 4 aliphatic heterocycles. The molecule has 4 heterocycles. The monoisotopic (exact) mass is 1030 g/mol. The predicted octanol–water partition coefficient (Wildman–Crippen LogP) is -3.40. The number of carbonyl (C=O) groups is 2. The summed E-state index contributed by atoms with van der Waals surface area (Å²) >= 11 is 0. The van der Waals surface area contributed by atoms with Crippen molar-refractivity contribution >= 4 is 11.8 Å². The largest absolute Gasteiger partial charge is 0.394 e. The van der Waals surface area contributed by atoms with E-state index in [0.717, 1.165) is 19.8 Å². The Morgan fingerprint density at radius 1 is 0.507 bits per heavy atom. The first kappa shape index (κ1) is 61.6. The van der Waals surface area contributed by atoms with Crippen LogP contribution in [0.1, 0.15) is 67.7 Å². The van der Waals surface area contributed by atoms with Crippen molar-refractivity contribution in [2.45, 2.75) is 190 Å². The molecule has 0 aromatic heterocycles. The molecule has 10 N–H and O–H groups in total. The summed E-state index contributed by atoms with van der Waals surface area (Å²) < 4.78 is 76.6. The van der Waals surface area contributed by atoms with Gasteiger partial charge in [0.1, 0.15) is 85.4 Å². The highest BCUT2D eigenvalue weighted by molar-refractivity contribution is 5.73. The molecule has 416 valence electrons. The highest BCUT2D eigenvalue weighted by Crippen LogP contribution is 2.35. The second-order valence-electron chi connectivity index (χ2n) is 18.5. The summed E-state index contributed by atoms with van der Waals surface area (Å²) in [6.45, 7) is 13.3. The van der Waals surface area contributed by atoms with Gasteiger partial charge in [0.05, 0.1) is 77.7 Å². The van der Waals surface area contributed by atoms with Crippen molar-refractivity contribution in [3.05, 3.63) is 0 Å². The molecule has 0 saturated carbocycles. The van der Waals surface area contributed by atoms with Crippen LogP contribution in [0.4, 0.5) is 0 Å². The first-order valence-corrected chi connectivity index (χ1v) is 24.9. The van der Waals surface area contributed by atoms with E-state index in [2.05, 4.69) is 10.6 Å². The number of amides is 2. The third-order valence-corrected chi connectivity index (χ3v) is 12.3. The highest BCUT2D eigenvalue weighted by Gasteiger charge is 2.55. The molecule has 0 radical (unpaired) electrons. The zero-order valence-electron chi connectivity index (χ0n) is 42.1. The van der Waals surface area contributed by atoms with E-state index in [4.69, 9.17) is 61.6 Å². The van der Waals surface area contributed by atoms with Crippen LogP contribution >= 0.6 is 0 Å². The Balaban J connectivity index is 1.55. The lowest BCUT2D eigenvalue weighted by Gasteiger charge is -2.51. The standard InChI is InChI=1S/C46H84N2O23/c1-8-11-59-13-10-14-61-19-20-64-43-34(53)29(22-63-18-17-62-16-15-60-12-9-2)69-46(39(43)58)71-41-28(21-49)68-44(32(36(41)55)48-27(7)51)70-42-30(23-65-45-38(57)37(56)33(52)25(5)66-45)67-40(24(3)4)31(35(42)54)47-26(6)50/h24-25,28-46,49,52-58H,8-23H2,1-7H3,(H,47,50)(H,48,51)/t25?,28?,29?,30?,31-,32-,33+,34+,35?,36?,37?,38?,39+,40-,41+,42+,43?,44-,45+,46-/m0/s1. The van der Waals surface area contributed by atoms with Crippen LogP contribution in [0.15, 0.2) is 0 Å². The van der Waals surface area contributed by atoms with Gasteiger partial charge in [-0.3, -0.25) is 9.59 Å². The molecule has 9 unspecified atom stereocenters. The first-order chi connectivity index (χ1) is 33.9. The van der Waals surface area contributed by atoms with Gasteiger partial charge in [0, 0.05) is 40.3 Å². The van der Waals surface area contributed by atoms with E-state index in [0.29, 0.717) is 46.1 Å². The lowest BCUT2D eigenvalue weighted by molar-refractivity contribution is -0.362. The van der Waals surface area contributed by atoms with Crippen molar-refractivity contribution in [2.24, 2.45) is 5.92 Å². The average molecular weight is 1030 g/mol. The van der Waals surface area contributed by atoms with Gasteiger partial charge in [-0.15, -0.1) is 0 Å². The number of aliphatic hydroxyl groups excluding tert-OH is 8. The second-order valence-corrected chi connectivity index (χ2v) is 18.5. The van der Waals surface area contributed by atoms with Crippen LogP contribution in [-0.2, 0) is 71.2 Å². The summed E-state index contributed by atoms with van der Waals surface area (Å²) in [7, 11) is 0. The summed E-state index contributed by atoms with van der Waals surface area (Å²) in [4.78, 5) is 25.2. The fourth-order valence-corrected chi connectivity index (χ4v) is 8.64. The lowest BCUT2D eigenvalue weighted by atomic mass is 9.87. The number of aliphatic hydroxyl groups is 8. The SMILES string of the molecule is CCCOCCCOCCOC1[C@H](O)C(COCCOCCOCCC)O[C@@H](O[C@@H]2C(CO)O[C@@H](O[C@@H]3C(CO[C@@H]4OC(C)[C@@H](O)C(O)C4O)O[C@@H](C(C)C)[C@@H](NC(C)=O)C3O)[C@@H](NC(C)=O)C2O)[C@@H]1O. The van der Waals surface area contributed by atoms with Crippen LogP contribution < -0.4 is 10.6 Å². The minimum atomic E-state index is -1.80. The van der Waals surface area contributed by atoms with Crippen LogP contribution in [0.5, 0.6) is 0 Å². The zero-order valence-corrected chi connectivity index (χ0v) is 42.1. The van der Waals surface area contributed by atoms with E-state index in [1.807, 2.05) is 13.8 Å². The molecule has 71 heavy (non-hydrogen) atoms. The molecule has 0 aliphatic carbocycles. The number of hydrogen-bond acceptors (Lipinski definition) is 23. The van der Waals surface area contributed by atoms with Crippen LogP contribution in [0.3, 0.4) is 0 Å². The Kier molecular flexibility index (Phi) is 27.7. The Morgan fingerprint density at radius 3 is 1.66 bits per heavy atom. The van der Waals surface area contributed by atoms with Crippen LogP contribution in [0, 0.1) is 5.92 Å². The predicted molar refractivity (Wildman–Crippen MR) is 244 cm³/mol. The van der Waals surface area contributed by atoms with Crippen LogP contribution in [-0.4, -0.2) is 261 Å². The highest BCUT2D eigenvalue weighted by atomic mass is 16.8. The second kappa shape index (κ2) is 31.9. The van der Waals surface area contributed by atoms with E-state index >= 15 is 0 Å². The van der Waals surface area contributed by atoms with Crippen molar-refractivity contribution in [1.82, 2.24) is 10.6 Å². The fourth-order valence-electron chi connectivity index (χ4n) is 8.64. The van der Waals surface area contributed by atoms with Gasteiger partial charge in [-0.25, -0.2) is 0 Å². The van der Waals surface area contributed by atoms with Gasteiger partial charge in [-0.2, -0.15) is 0 Å². The molecular weight excluding hydrogens is 948 g/mol. The summed E-state index contributed by atoms with van der Waals surface area (Å²) in [5.74, 6) is -1.49. The molecule has 4 rings (SSSR count). The number of hydrogen-bond donors (Lipinski definition) is 10. The summed E-state index contributed by atoms with van der Waals surface area (Å²) in [5, 5.41) is 94.6. The van der Waals surface area contributed by atoms with Crippen molar-refractivity contribution in [1.29, 1.82) is 0 Å². The number of nitrogens with one attached hydrogen (secondary N) is 2. The van der Waals surface area contributed by atoms with E-state index in [9.17, 15) is 50.4 Å². The third-order valence-electron chi connectivity index (χ3n) is 12.3. The van der Waals surface area contributed by atoms with Gasteiger partial charge >= 0.3 is 0 Å². The Morgan fingerprint density at radius 2 is 1.04 bits per heavy atom. The van der Waals surface area contributed by atoms with Crippen LogP contribution in [0.25, 0.3) is 0 Å². The molecule has 2 amide bonds. The van der Waals surface area contributed by atoms with E-state index < -0.39 is 148 Å². The topological polar surface area (TPSA) is 340 Å². The van der Waals surface area contributed by atoms with Gasteiger partial charge < -0.3 is 113 Å². The summed E-state index contributed by atoms with van der Waals surface area (Å²) in [5.41, 5.74) is 0. The normalized spacial score (nSPS) is 37.8. The maximum Gasteiger partial charge on any atom is 0.217 e. The molecule has 25 nitrogen and oxygen atoms in total. The van der Waals surface area contributed by atoms with Crippen molar-refractivity contribution in [3.63, 3.8) is 0 Å². The Hall–Kier alpha value is -1.90. The zero-order chi connectivity index (χ0) is 52.2. The number of rotatable bonds is 31. The molecule has 0 aromatic rings. The smallest absolute Gasteiger partial charge is 0.217 e. The Labute approximate surface area is 415 Å². The van der Waals surface area contributed by atoms with Gasteiger partial charge in [-0.05, 0) is 32.1 Å². The molecule has 25 heteroatoms. The maximum atomic E-state index is 12.8. The minimum Gasteiger partial charge on any atom is -0.394 e. The molecule has 0 bridgehead atoms. The number of carbonyl (C=O) groups excluding carboxylic acids is 2. The number of ether oxygens (including phenoxy) is 13. The molecule has 0 spiro atoms. The van der Waals surface area contributed by atoms with Crippen molar-refractivity contribution in [3.8, 4) is 0 Å². The van der Waals surface area contributed by atoms with E-state index in [-0.39, 0.29) is 39.0 Å². The molecule has 0 aromatic carbocycles. The quantitative estimate of drug-likeness (QED) is 0.0303. The van der Waals surface area contributed by atoms with Gasteiger partial charge in [0.25, 0.3) is 0 Å². The minimum absolute atomic E-state index is 0.0527. The maximum absolute atomic E-state index is 12.8. The van der Waals surface area contributed by atoms with Gasteiger partial charge in [0.2, 0.25) is 11.8 Å². The molecule has 20 atom stereocenters. The average Bonchev–Trinajstić information content (AvgIpc) is 3.33. The third kappa shape index (κ3) is 18.4. The Bertz CT molecular complexity index is 1490. The van der Waals surface area contributed by atoms with Crippen LogP contribution in [0.2, 0.25) is 0 Å².